The number of rotatable bonds is 0. The first-order chi connectivity index (χ1) is 4.47. The molecule has 0 aromatic carbocycles. The highest BCUT2D eigenvalue weighted by atomic mass is 32.2. The van der Waals surface area contributed by atoms with Crippen LogP contribution in [0.3, 0.4) is 0 Å². The van der Waals surface area contributed by atoms with E-state index in [1.165, 1.54) is 0 Å². The zero-order valence-corrected chi connectivity index (χ0v) is 6.12. The van der Waals surface area contributed by atoms with Crippen molar-refractivity contribution >= 4 is 9.84 Å². The summed E-state index contributed by atoms with van der Waals surface area (Å²) in [6.07, 6.45) is 4.75. The van der Waals surface area contributed by atoms with Gasteiger partial charge in [-0.05, 0) is 0 Å². The maximum absolute atomic E-state index is 12.9. The quantitative estimate of drug-likeness (QED) is 0.475. The summed E-state index contributed by atoms with van der Waals surface area (Å²) in [5.41, 5.74) is -1.89. The molecule has 1 atom stereocenters. The van der Waals surface area contributed by atoms with Gasteiger partial charge in [-0.3, -0.25) is 0 Å². The molecule has 1 rings (SSSR count). The van der Waals surface area contributed by atoms with Crippen LogP contribution in [0, 0.1) is 12.3 Å². The molecule has 56 valence electrons. The first-order valence-electron chi connectivity index (χ1n) is 2.85. The minimum Gasteiger partial charge on any atom is -0.229 e. The molecule has 0 aromatic heterocycles. The summed E-state index contributed by atoms with van der Waals surface area (Å²) in [6.45, 7) is 0. The molecule has 1 saturated heterocycles. The van der Waals surface area contributed by atoms with Crippen LogP contribution in [-0.4, -0.2) is 25.6 Å². The number of hydrogen-bond donors (Lipinski definition) is 0. The highest BCUT2D eigenvalue weighted by molar-refractivity contribution is 7.91. The molecule has 1 aliphatic heterocycles. The third-order valence-electron chi connectivity index (χ3n) is 1.52. The van der Waals surface area contributed by atoms with Crippen molar-refractivity contribution < 1.29 is 12.8 Å². The number of hydrogen-bond acceptors (Lipinski definition) is 2. The van der Waals surface area contributed by atoms with E-state index in [2.05, 4.69) is 0 Å². The molecular formula is C6H7FO2S. The number of terminal acetylenes is 1. The predicted octanol–water partition coefficient (Wildman–Crippen LogP) is 0.146. The van der Waals surface area contributed by atoms with Crippen molar-refractivity contribution in [3.05, 3.63) is 0 Å². The summed E-state index contributed by atoms with van der Waals surface area (Å²) in [5.74, 6) is 1.23. The first kappa shape index (κ1) is 7.55. The maximum Gasteiger partial charge on any atom is 0.185 e. The lowest BCUT2D eigenvalue weighted by Crippen LogP contribution is -2.21. The average molecular weight is 162 g/mol. The number of sulfone groups is 1. The minimum atomic E-state index is -3.18. The Kier molecular flexibility index (Phi) is 1.48. The van der Waals surface area contributed by atoms with Crippen molar-refractivity contribution in [3.63, 3.8) is 0 Å². The van der Waals surface area contributed by atoms with Gasteiger partial charge in [-0.25, -0.2) is 12.8 Å². The largest absolute Gasteiger partial charge is 0.229 e. The van der Waals surface area contributed by atoms with Gasteiger partial charge in [-0.15, -0.1) is 6.42 Å². The number of alkyl halides is 1. The number of halogens is 1. The second-order valence-corrected chi connectivity index (χ2v) is 4.64. The SMILES string of the molecule is C#CC1(F)CCS(=O)(=O)C1. The maximum atomic E-state index is 12.9. The van der Waals surface area contributed by atoms with Gasteiger partial charge in [-0.2, -0.15) is 0 Å². The summed E-state index contributed by atoms with van der Waals surface area (Å²) >= 11 is 0. The molecule has 1 aliphatic rings. The third kappa shape index (κ3) is 1.29. The average Bonchev–Trinajstić information content (AvgIpc) is 2.08. The van der Waals surface area contributed by atoms with Crippen molar-refractivity contribution in [3.8, 4) is 12.3 Å². The van der Waals surface area contributed by atoms with Crippen LogP contribution in [-0.2, 0) is 9.84 Å². The van der Waals surface area contributed by atoms with Crippen molar-refractivity contribution in [2.24, 2.45) is 0 Å². The Morgan fingerprint density at radius 2 is 2.20 bits per heavy atom. The molecule has 1 heterocycles. The van der Waals surface area contributed by atoms with Crippen molar-refractivity contribution in [2.45, 2.75) is 12.1 Å². The molecule has 0 saturated carbocycles. The van der Waals surface area contributed by atoms with Crippen LogP contribution in [0.5, 0.6) is 0 Å². The Hall–Kier alpha value is -0.560. The molecule has 0 bridgehead atoms. The molecule has 10 heavy (non-hydrogen) atoms. The molecule has 0 radical (unpaired) electrons. The smallest absolute Gasteiger partial charge is 0.185 e. The van der Waals surface area contributed by atoms with Gasteiger partial charge in [0.25, 0.3) is 0 Å². The van der Waals surface area contributed by atoms with E-state index in [4.69, 9.17) is 6.42 Å². The summed E-state index contributed by atoms with van der Waals surface area (Å²) in [7, 11) is -3.18. The predicted molar refractivity (Wildman–Crippen MR) is 35.9 cm³/mol. The topological polar surface area (TPSA) is 34.1 Å². The Morgan fingerprint density at radius 1 is 1.60 bits per heavy atom. The van der Waals surface area contributed by atoms with Crippen LogP contribution in [0.4, 0.5) is 4.39 Å². The molecule has 1 unspecified atom stereocenters. The van der Waals surface area contributed by atoms with E-state index >= 15 is 0 Å². The molecule has 1 fully saturated rings. The van der Waals surface area contributed by atoms with E-state index in [-0.39, 0.29) is 12.2 Å². The lowest BCUT2D eigenvalue weighted by Gasteiger charge is -2.05. The van der Waals surface area contributed by atoms with Gasteiger partial charge < -0.3 is 0 Å². The Morgan fingerprint density at radius 3 is 2.40 bits per heavy atom. The van der Waals surface area contributed by atoms with Crippen LogP contribution in [0.1, 0.15) is 6.42 Å². The highest BCUT2D eigenvalue weighted by Gasteiger charge is 2.40. The van der Waals surface area contributed by atoms with Crippen molar-refractivity contribution in [2.75, 3.05) is 11.5 Å². The summed E-state index contributed by atoms with van der Waals surface area (Å²) in [6, 6.07) is 0. The lowest BCUT2D eigenvalue weighted by molar-refractivity contribution is 0.280. The standard InChI is InChI=1S/C6H7FO2S/c1-2-6(7)3-4-10(8,9)5-6/h1H,3-5H2. The van der Waals surface area contributed by atoms with Crippen LogP contribution in [0.2, 0.25) is 0 Å². The molecule has 0 amide bonds. The lowest BCUT2D eigenvalue weighted by atomic mass is 10.1. The van der Waals surface area contributed by atoms with E-state index < -0.39 is 21.3 Å². The molecule has 0 spiro atoms. The van der Waals surface area contributed by atoms with Crippen LogP contribution >= 0.6 is 0 Å². The Balaban J connectivity index is 2.89. The van der Waals surface area contributed by atoms with Crippen LogP contribution < -0.4 is 0 Å². The first-order valence-corrected chi connectivity index (χ1v) is 4.67. The van der Waals surface area contributed by atoms with Gasteiger partial charge in [0.05, 0.1) is 11.5 Å². The molecular weight excluding hydrogens is 155 g/mol. The van der Waals surface area contributed by atoms with Crippen molar-refractivity contribution in [1.29, 1.82) is 0 Å². The molecule has 0 N–H and O–H groups in total. The van der Waals surface area contributed by atoms with Gasteiger partial charge in [-0.1, -0.05) is 5.92 Å². The van der Waals surface area contributed by atoms with Gasteiger partial charge >= 0.3 is 0 Å². The Bertz CT molecular complexity index is 275. The van der Waals surface area contributed by atoms with Gasteiger partial charge in [0.2, 0.25) is 0 Å². The van der Waals surface area contributed by atoms with Crippen LogP contribution in [0.25, 0.3) is 0 Å². The van der Waals surface area contributed by atoms with E-state index in [1.54, 1.807) is 0 Å². The van der Waals surface area contributed by atoms with Gasteiger partial charge in [0, 0.05) is 6.42 Å². The second kappa shape index (κ2) is 1.96. The second-order valence-electron chi connectivity index (χ2n) is 2.45. The summed E-state index contributed by atoms with van der Waals surface area (Å²) in [5, 5.41) is 0. The molecule has 0 aromatic rings. The van der Waals surface area contributed by atoms with Gasteiger partial charge in [0.15, 0.2) is 15.5 Å². The summed E-state index contributed by atoms with van der Waals surface area (Å²) in [4.78, 5) is 0. The fraction of sp³-hybridized carbons (Fsp3) is 0.667. The zero-order valence-electron chi connectivity index (χ0n) is 5.30. The van der Waals surface area contributed by atoms with E-state index in [9.17, 15) is 12.8 Å². The zero-order chi connectivity index (χ0) is 7.83. The van der Waals surface area contributed by atoms with E-state index in [0.29, 0.717) is 0 Å². The minimum absolute atomic E-state index is 0.0498. The molecule has 0 aliphatic carbocycles. The van der Waals surface area contributed by atoms with Gasteiger partial charge in [0.1, 0.15) is 0 Å². The molecule has 4 heteroatoms. The molecule has 2 nitrogen and oxygen atoms in total. The monoisotopic (exact) mass is 162 g/mol. The highest BCUT2D eigenvalue weighted by Crippen LogP contribution is 2.26. The van der Waals surface area contributed by atoms with Crippen LogP contribution in [0.15, 0.2) is 0 Å². The fourth-order valence-corrected chi connectivity index (χ4v) is 2.63. The third-order valence-corrected chi connectivity index (χ3v) is 3.24. The normalized spacial score (nSPS) is 37.2. The summed E-state index contributed by atoms with van der Waals surface area (Å²) < 4.78 is 34.3. The van der Waals surface area contributed by atoms with E-state index in [0.717, 1.165) is 0 Å². The Labute approximate surface area is 59.3 Å². The fourth-order valence-electron chi connectivity index (χ4n) is 0.924. The van der Waals surface area contributed by atoms with E-state index in [1.807, 2.05) is 5.92 Å². The van der Waals surface area contributed by atoms with Crippen molar-refractivity contribution in [1.82, 2.24) is 0 Å².